The van der Waals surface area contributed by atoms with Crippen molar-refractivity contribution in [3.8, 4) is 0 Å². The lowest BCUT2D eigenvalue weighted by Gasteiger charge is -2.52. The summed E-state index contributed by atoms with van der Waals surface area (Å²) < 4.78 is 22.4. The Labute approximate surface area is 89.1 Å². The van der Waals surface area contributed by atoms with Crippen molar-refractivity contribution < 1.29 is 18.9 Å². The van der Waals surface area contributed by atoms with Crippen LogP contribution >= 0.6 is 0 Å². The average molecular weight is 212 g/mol. The molecule has 2 aliphatic heterocycles. The average Bonchev–Trinajstić information content (AvgIpc) is 2.57. The summed E-state index contributed by atoms with van der Waals surface area (Å²) in [5, 5.41) is 0. The van der Waals surface area contributed by atoms with E-state index in [1.54, 1.807) is 0 Å². The second kappa shape index (κ2) is 3.28. The summed E-state index contributed by atoms with van der Waals surface area (Å²) in [6.45, 7) is 3.80. The first kappa shape index (κ1) is 9.78. The quantitative estimate of drug-likeness (QED) is 0.653. The number of allylic oxidation sites excluding steroid dienone is 2. The van der Waals surface area contributed by atoms with E-state index in [0.717, 1.165) is 12.8 Å². The van der Waals surface area contributed by atoms with Gasteiger partial charge < -0.3 is 18.9 Å². The highest BCUT2D eigenvalue weighted by Gasteiger charge is 2.57. The third-order valence-electron chi connectivity index (χ3n) is 3.36. The molecule has 2 saturated heterocycles. The van der Waals surface area contributed by atoms with E-state index in [1.807, 2.05) is 13.8 Å². The zero-order valence-corrected chi connectivity index (χ0v) is 9.01. The third-order valence-corrected chi connectivity index (χ3v) is 3.36. The van der Waals surface area contributed by atoms with E-state index >= 15 is 0 Å². The van der Waals surface area contributed by atoms with Crippen LogP contribution in [-0.2, 0) is 18.9 Å². The molecule has 15 heavy (non-hydrogen) atoms. The summed E-state index contributed by atoms with van der Waals surface area (Å²) in [5.41, 5.74) is -0.154. The maximum Gasteiger partial charge on any atom is 0.174 e. The second-order valence-electron chi connectivity index (χ2n) is 4.46. The number of rotatable bonds is 2. The van der Waals surface area contributed by atoms with Gasteiger partial charge in [0.2, 0.25) is 0 Å². The van der Waals surface area contributed by atoms with Gasteiger partial charge in [-0.05, 0) is 26.7 Å². The second-order valence-corrected chi connectivity index (χ2v) is 4.46. The van der Waals surface area contributed by atoms with E-state index in [0.29, 0.717) is 0 Å². The van der Waals surface area contributed by atoms with Crippen molar-refractivity contribution in [1.82, 2.24) is 0 Å². The molecule has 4 nitrogen and oxygen atoms in total. The predicted octanol–water partition coefficient (Wildman–Crippen LogP) is 1.76. The van der Waals surface area contributed by atoms with Gasteiger partial charge in [-0.15, -0.1) is 0 Å². The van der Waals surface area contributed by atoms with Gasteiger partial charge in [-0.1, -0.05) is 12.2 Å². The molecule has 0 saturated carbocycles. The molecule has 0 atom stereocenters. The maximum absolute atomic E-state index is 5.60. The van der Waals surface area contributed by atoms with Crippen LogP contribution in [0.3, 0.4) is 0 Å². The lowest BCUT2D eigenvalue weighted by molar-refractivity contribution is -0.479. The first-order valence-corrected chi connectivity index (χ1v) is 5.47. The van der Waals surface area contributed by atoms with Crippen molar-refractivity contribution in [2.45, 2.75) is 51.8 Å². The van der Waals surface area contributed by atoms with Gasteiger partial charge in [-0.3, -0.25) is 0 Å². The highest BCUT2D eigenvalue weighted by molar-refractivity contribution is 5.08. The number of hydrogen-bond donors (Lipinski definition) is 0. The van der Waals surface area contributed by atoms with Crippen molar-refractivity contribution in [1.29, 1.82) is 0 Å². The standard InChI is InChI=1S/C11H16O4/c1-7-12-9(13-7)11(5-3-4-6-11)10-14-8(2)15-10/h3-4,7-10H,5-6H2,1-2H3. The minimum atomic E-state index is -0.181. The monoisotopic (exact) mass is 212 g/mol. The fourth-order valence-corrected chi connectivity index (χ4v) is 2.44. The zero-order chi connectivity index (χ0) is 10.5. The molecule has 0 N–H and O–H groups in total. The first-order valence-electron chi connectivity index (χ1n) is 5.47. The van der Waals surface area contributed by atoms with Gasteiger partial charge in [0.25, 0.3) is 0 Å². The molecule has 0 amide bonds. The minimum Gasteiger partial charge on any atom is -0.323 e. The lowest BCUT2D eigenvalue weighted by atomic mass is 9.82. The molecule has 4 heteroatoms. The van der Waals surface area contributed by atoms with Gasteiger partial charge in [-0.25, -0.2) is 0 Å². The van der Waals surface area contributed by atoms with Gasteiger partial charge in [0.1, 0.15) is 0 Å². The van der Waals surface area contributed by atoms with Gasteiger partial charge >= 0.3 is 0 Å². The van der Waals surface area contributed by atoms with Crippen molar-refractivity contribution in [2.24, 2.45) is 5.41 Å². The predicted molar refractivity (Wildman–Crippen MR) is 51.6 cm³/mol. The molecule has 2 heterocycles. The lowest BCUT2D eigenvalue weighted by Crippen LogP contribution is -2.60. The smallest absolute Gasteiger partial charge is 0.174 e. The molecule has 0 aromatic heterocycles. The highest BCUT2D eigenvalue weighted by atomic mass is 16.9. The fourth-order valence-electron chi connectivity index (χ4n) is 2.44. The van der Waals surface area contributed by atoms with Crippen LogP contribution in [0.4, 0.5) is 0 Å². The van der Waals surface area contributed by atoms with Crippen LogP contribution in [0.1, 0.15) is 26.7 Å². The molecule has 84 valence electrons. The van der Waals surface area contributed by atoms with Crippen LogP contribution in [0, 0.1) is 5.41 Å². The summed E-state index contributed by atoms with van der Waals surface area (Å²) in [6, 6.07) is 0. The molecule has 0 bridgehead atoms. The maximum atomic E-state index is 5.60. The third kappa shape index (κ3) is 1.36. The highest BCUT2D eigenvalue weighted by Crippen LogP contribution is 2.50. The molecule has 3 aliphatic rings. The topological polar surface area (TPSA) is 36.9 Å². The van der Waals surface area contributed by atoms with E-state index < -0.39 is 0 Å². The molecule has 1 aliphatic carbocycles. The Balaban J connectivity index is 1.72. The molecule has 2 fully saturated rings. The van der Waals surface area contributed by atoms with Gasteiger partial charge in [-0.2, -0.15) is 0 Å². The Morgan fingerprint density at radius 2 is 1.27 bits per heavy atom. The first-order chi connectivity index (χ1) is 7.21. The summed E-state index contributed by atoms with van der Waals surface area (Å²) in [4.78, 5) is 0. The normalized spacial score (nSPS) is 47.3. The Morgan fingerprint density at radius 1 is 0.867 bits per heavy atom. The molecular weight excluding hydrogens is 196 g/mol. The van der Waals surface area contributed by atoms with Crippen LogP contribution in [0.2, 0.25) is 0 Å². The molecule has 0 spiro atoms. The summed E-state index contributed by atoms with van der Waals surface area (Å²) >= 11 is 0. The van der Waals surface area contributed by atoms with E-state index in [9.17, 15) is 0 Å². The van der Waals surface area contributed by atoms with Gasteiger partial charge in [0, 0.05) is 0 Å². The summed E-state index contributed by atoms with van der Waals surface area (Å²) in [7, 11) is 0. The summed E-state index contributed by atoms with van der Waals surface area (Å²) in [5.74, 6) is 0. The van der Waals surface area contributed by atoms with Crippen molar-refractivity contribution in [3.05, 3.63) is 12.2 Å². The molecule has 0 radical (unpaired) electrons. The van der Waals surface area contributed by atoms with Crippen molar-refractivity contribution in [2.75, 3.05) is 0 Å². The van der Waals surface area contributed by atoms with Crippen molar-refractivity contribution >= 4 is 0 Å². The van der Waals surface area contributed by atoms with Gasteiger partial charge in [0.15, 0.2) is 25.2 Å². The van der Waals surface area contributed by atoms with Crippen LogP contribution < -0.4 is 0 Å². The molecular formula is C11H16O4. The SMILES string of the molecule is CC1OC(C2(C3OC(C)O3)CC=CC2)O1. The van der Waals surface area contributed by atoms with E-state index in [-0.39, 0.29) is 30.6 Å². The van der Waals surface area contributed by atoms with Crippen LogP contribution in [0.15, 0.2) is 12.2 Å². The van der Waals surface area contributed by atoms with E-state index in [4.69, 9.17) is 18.9 Å². The Hall–Kier alpha value is -0.420. The fraction of sp³-hybridized carbons (Fsp3) is 0.818. The Morgan fingerprint density at radius 3 is 1.60 bits per heavy atom. The molecule has 0 unspecified atom stereocenters. The number of ether oxygens (including phenoxy) is 4. The minimum absolute atomic E-state index is 0.0926. The Bertz CT molecular complexity index is 248. The van der Waals surface area contributed by atoms with E-state index in [1.165, 1.54) is 0 Å². The van der Waals surface area contributed by atoms with Crippen LogP contribution in [0.5, 0.6) is 0 Å². The van der Waals surface area contributed by atoms with Crippen LogP contribution in [-0.4, -0.2) is 25.2 Å². The molecule has 0 aromatic rings. The zero-order valence-electron chi connectivity index (χ0n) is 9.01. The summed E-state index contributed by atoms with van der Waals surface area (Å²) in [6.07, 6.45) is 5.55. The Kier molecular flexibility index (Phi) is 2.14. The van der Waals surface area contributed by atoms with E-state index in [2.05, 4.69) is 12.2 Å². The molecule has 3 rings (SSSR count). The van der Waals surface area contributed by atoms with Crippen LogP contribution in [0.25, 0.3) is 0 Å². The number of hydrogen-bond acceptors (Lipinski definition) is 4. The molecule has 0 aromatic carbocycles. The largest absolute Gasteiger partial charge is 0.323 e. The van der Waals surface area contributed by atoms with Crippen molar-refractivity contribution in [3.63, 3.8) is 0 Å². The van der Waals surface area contributed by atoms with Gasteiger partial charge in [0.05, 0.1) is 5.41 Å².